The van der Waals surface area contributed by atoms with E-state index in [-0.39, 0.29) is 62.1 Å². The van der Waals surface area contributed by atoms with E-state index in [1.165, 1.54) is 43.4 Å². The summed E-state index contributed by atoms with van der Waals surface area (Å²) < 4.78 is 11.8. The first-order valence-corrected chi connectivity index (χ1v) is 18.1. The van der Waals surface area contributed by atoms with Crippen LogP contribution in [0, 0.1) is 19.8 Å². The molecule has 3 atom stereocenters. The Morgan fingerprint density at radius 1 is 1.06 bits per heavy atom. The van der Waals surface area contributed by atoms with Crippen LogP contribution >= 0.6 is 36.2 Å². The number of likely N-dealkylation sites (tertiary alicyclic amines) is 1. The molecule has 4 rings (SSSR count). The van der Waals surface area contributed by atoms with Crippen LogP contribution in [-0.2, 0) is 16.1 Å². The number of rotatable bonds is 19. The standard InChI is InChI=1S/C36H53N5O5S.2ClH/c1-24(2)33(32-18-25(3)40-46-32)36(44)41-22-29(42)20-30(41)35(43)38-21-28-15-14-27(34-26(4)39-23-47-34)19-31(28)45-17-13-11-9-7-5-6-8-10-12-16-37;;/h14-15,18-19,23-24,29-30,33,42H,5-13,16-17,20-22,37H2,1-4H3,(H,38,43);2*1H/t29-,30+,33?;;/m1../s1. The Labute approximate surface area is 307 Å². The minimum atomic E-state index is -0.785. The first kappa shape index (κ1) is 42.5. The minimum Gasteiger partial charge on any atom is -0.493 e. The quantitative estimate of drug-likeness (QED) is 0.110. The number of amides is 2. The van der Waals surface area contributed by atoms with Gasteiger partial charge in [0.1, 0.15) is 23.5 Å². The number of aromatic nitrogens is 2. The zero-order chi connectivity index (χ0) is 33.8. The number of aliphatic hydroxyl groups is 1. The molecule has 3 heterocycles. The number of hydrogen-bond donors (Lipinski definition) is 3. The molecule has 2 aromatic heterocycles. The molecule has 13 heteroatoms. The summed E-state index contributed by atoms with van der Waals surface area (Å²) in [5.74, 6) is -0.0193. The maximum atomic E-state index is 13.8. The molecule has 0 bridgehead atoms. The van der Waals surface area contributed by atoms with E-state index in [0.29, 0.717) is 18.1 Å². The number of nitrogens with zero attached hydrogens (tertiary/aromatic N) is 3. The molecule has 274 valence electrons. The number of aryl methyl sites for hydroxylation is 2. The van der Waals surface area contributed by atoms with Gasteiger partial charge in [-0.3, -0.25) is 9.59 Å². The molecule has 1 aliphatic rings. The summed E-state index contributed by atoms with van der Waals surface area (Å²) in [4.78, 5) is 34.3. The monoisotopic (exact) mass is 739 g/mol. The number of nitrogens with one attached hydrogen (secondary N) is 1. The highest BCUT2D eigenvalue weighted by molar-refractivity contribution is 7.13. The van der Waals surface area contributed by atoms with Gasteiger partial charge in [-0.2, -0.15) is 0 Å². The summed E-state index contributed by atoms with van der Waals surface area (Å²) in [6.07, 6.45) is 10.1. The predicted molar refractivity (Wildman–Crippen MR) is 200 cm³/mol. The van der Waals surface area contributed by atoms with E-state index >= 15 is 0 Å². The number of thiazole rings is 1. The van der Waals surface area contributed by atoms with Crippen molar-refractivity contribution in [3.05, 3.63) is 52.5 Å². The summed E-state index contributed by atoms with van der Waals surface area (Å²) in [5.41, 5.74) is 11.0. The highest BCUT2D eigenvalue weighted by atomic mass is 35.5. The molecule has 49 heavy (non-hydrogen) atoms. The smallest absolute Gasteiger partial charge is 0.243 e. The lowest BCUT2D eigenvalue weighted by Crippen LogP contribution is -2.48. The number of ether oxygens (including phenoxy) is 1. The average Bonchev–Trinajstić information content (AvgIpc) is 3.78. The zero-order valence-corrected chi connectivity index (χ0v) is 31.8. The summed E-state index contributed by atoms with van der Waals surface area (Å²) in [6, 6.07) is 7.03. The summed E-state index contributed by atoms with van der Waals surface area (Å²) in [7, 11) is 0. The van der Waals surface area contributed by atoms with Gasteiger partial charge < -0.3 is 30.3 Å². The van der Waals surface area contributed by atoms with Crippen molar-refractivity contribution in [3.8, 4) is 16.2 Å². The highest BCUT2D eigenvalue weighted by Gasteiger charge is 2.43. The molecule has 1 saturated heterocycles. The molecule has 1 fully saturated rings. The molecule has 0 aliphatic carbocycles. The fraction of sp³-hybridized carbons (Fsp3) is 0.611. The van der Waals surface area contributed by atoms with E-state index in [0.717, 1.165) is 53.3 Å². The molecule has 3 aromatic rings. The number of unbranched alkanes of at least 4 members (excludes halogenated alkanes) is 8. The van der Waals surface area contributed by atoms with Crippen molar-refractivity contribution in [2.45, 2.75) is 117 Å². The molecule has 1 aliphatic heterocycles. The lowest BCUT2D eigenvalue weighted by atomic mass is 9.91. The molecule has 2 amide bonds. The van der Waals surface area contributed by atoms with Crippen LogP contribution in [0.4, 0.5) is 0 Å². The third kappa shape index (κ3) is 12.2. The highest BCUT2D eigenvalue weighted by Crippen LogP contribution is 2.33. The van der Waals surface area contributed by atoms with Gasteiger partial charge >= 0.3 is 0 Å². The Morgan fingerprint density at radius 2 is 1.73 bits per heavy atom. The molecule has 0 spiro atoms. The molecule has 1 aromatic carbocycles. The second-order valence-corrected chi connectivity index (χ2v) is 14.0. The van der Waals surface area contributed by atoms with Crippen LogP contribution in [0.2, 0.25) is 0 Å². The Bertz CT molecular complexity index is 1430. The summed E-state index contributed by atoms with van der Waals surface area (Å²) in [5, 5.41) is 17.5. The van der Waals surface area contributed by atoms with Crippen molar-refractivity contribution in [3.63, 3.8) is 0 Å². The first-order chi connectivity index (χ1) is 22.7. The fourth-order valence-electron chi connectivity index (χ4n) is 6.27. The van der Waals surface area contributed by atoms with Gasteiger partial charge in [0.15, 0.2) is 0 Å². The lowest BCUT2D eigenvalue weighted by molar-refractivity contribution is -0.141. The number of hydrogen-bond acceptors (Lipinski definition) is 9. The Balaban J connectivity index is 0.00000417. The van der Waals surface area contributed by atoms with E-state index in [1.54, 1.807) is 17.4 Å². The van der Waals surface area contributed by atoms with Gasteiger partial charge in [-0.15, -0.1) is 36.2 Å². The van der Waals surface area contributed by atoms with E-state index in [4.69, 9.17) is 15.0 Å². The van der Waals surface area contributed by atoms with Crippen LogP contribution in [0.25, 0.3) is 10.4 Å². The minimum absolute atomic E-state index is 0. The molecule has 0 saturated carbocycles. The maximum Gasteiger partial charge on any atom is 0.243 e. The molecular weight excluding hydrogens is 685 g/mol. The van der Waals surface area contributed by atoms with Gasteiger partial charge in [-0.05, 0) is 50.8 Å². The molecule has 10 nitrogen and oxygen atoms in total. The van der Waals surface area contributed by atoms with Crippen molar-refractivity contribution >= 4 is 48.0 Å². The number of carbonyl (C=O) groups is 2. The molecule has 4 N–H and O–H groups in total. The third-order valence-electron chi connectivity index (χ3n) is 8.88. The van der Waals surface area contributed by atoms with Crippen molar-refractivity contribution in [1.82, 2.24) is 20.4 Å². The zero-order valence-electron chi connectivity index (χ0n) is 29.3. The van der Waals surface area contributed by atoms with E-state index in [1.807, 2.05) is 51.4 Å². The van der Waals surface area contributed by atoms with Crippen LogP contribution < -0.4 is 15.8 Å². The van der Waals surface area contributed by atoms with E-state index < -0.39 is 18.1 Å². The number of carbonyl (C=O) groups excluding carboxylic acids is 2. The van der Waals surface area contributed by atoms with Crippen molar-refractivity contribution in [2.24, 2.45) is 11.7 Å². The second-order valence-electron chi connectivity index (χ2n) is 13.1. The number of benzene rings is 1. The maximum absolute atomic E-state index is 13.8. The predicted octanol–water partition coefficient (Wildman–Crippen LogP) is 7.12. The SMILES string of the molecule is Cc1cc(C(C(=O)N2C[C@H](O)C[C@H]2C(=O)NCc2ccc(-c3scnc3C)cc2OCCCCCCCCCCCN)C(C)C)on1.Cl.Cl. The van der Waals surface area contributed by atoms with Crippen molar-refractivity contribution < 1.29 is 24.0 Å². The number of nitrogens with two attached hydrogens (primary N) is 1. The number of halogens is 2. The van der Waals surface area contributed by atoms with Gasteiger partial charge in [-0.25, -0.2) is 4.98 Å². The average molecular weight is 741 g/mol. The van der Waals surface area contributed by atoms with Gasteiger partial charge in [0.05, 0.1) is 34.5 Å². The molecule has 0 radical (unpaired) electrons. The number of β-amino-alcohol motifs (C(OH)–C–C–N with tert-alkyl or cyclic N) is 1. The number of aliphatic hydroxyl groups excluding tert-OH is 1. The summed E-state index contributed by atoms with van der Waals surface area (Å²) >= 11 is 1.59. The Hall–Kier alpha value is -2.70. The summed E-state index contributed by atoms with van der Waals surface area (Å²) in [6.45, 7) is 9.40. The first-order valence-electron chi connectivity index (χ1n) is 17.2. The van der Waals surface area contributed by atoms with Crippen LogP contribution in [0.15, 0.2) is 34.3 Å². The largest absolute Gasteiger partial charge is 0.493 e. The fourth-order valence-corrected chi connectivity index (χ4v) is 7.07. The van der Waals surface area contributed by atoms with Crippen LogP contribution in [0.1, 0.15) is 107 Å². The van der Waals surface area contributed by atoms with Crippen LogP contribution in [-0.4, -0.2) is 63.8 Å². The Kier molecular flexibility index (Phi) is 18.6. The molecule has 1 unspecified atom stereocenters. The lowest BCUT2D eigenvalue weighted by Gasteiger charge is -2.28. The van der Waals surface area contributed by atoms with Crippen LogP contribution in [0.3, 0.4) is 0 Å². The topological polar surface area (TPSA) is 144 Å². The second kappa shape index (κ2) is 21.5. The molecular formula is C36H55Cl2N5O5S. The van der Waals surface area contributed by atoms with Gasteiger partial charge in [0.2, 0.25) is 11.8 Å². The van der Waals surface area contributed by atoms with E-state index in [2.05, 4.69) is 15.5 Å². The van der Waals surface area contributed by atoms with Gasteiger partial charge in [0, 0.05) is 31.1 Å². The van der Waals surface area contributed by atoms with Gasteiger partial charge in [-0.1, -0.05) is 76.1 Å². The normalized spacial score (nSPS) is 16.3. The van der Waals surface area contributed by atoms with Crippen LogP contribution in [0.5, 0.6) is 5.75 Å². The van der Waals surface area contributed by atoms with Crippen molar-refractivity contribution in [2.75, 3.05) is 19.7 Å². The van der Waals surface area contributed by atoms with Crippen molar-refractivity contribution in [1.29, 1.82) is 0 Å². The third-order valence-corrected chi connectivity index (χ3v) is 9.86. The van der Waals surface area contributed by atoms with E-state index in [9.17, 15) is 14.7 Å². The van der Waals surface area contributed by atoms with Gasteiger partial charge in [0.25, 0.3) is 0 Å². The Morgan fingerprint density at radius 3 is 2.33 bits per heavy atom.